The molecule has 3 aromatic rings. The van der Waals surface area contributed by atoms with Crippen LogP contribution in [0.25, 0.3) is 10.2 Å². The first-order valence-corrected chi connectivity index (χ1v) is 8.15. The highest BCUT2D eigenvalue weighted by Gasteiger charge is 2.01. The number of amidine groups is 1. The molecule has 22 heavy (non-hydrogen) atoms. The van der Waals surface area contributed by atoms with E-state index in [-0.39, 0.29) is 0 Å². The third-order valence-corrected chi connectivity index (χ3v) is 4.20. The summed E-state index contributed by atoms with van der Waals surface area (Å²) in [5.41, 5.74) is 4.75. The molecule has 0 bridgehead atoms. The Hall–Kier alpha value is -2.12. The molecule has 1 heterocycles. The molecule has 0 unspecified atom stereocenters. The maximum absolute atomic E-state index is 4.39. The van der Waals surface area contributed by atoms with Gasteiger partial charge in [0.25, 0.3) is 0 Å². The van der Waals surface area contributed by atoms with Crippen molar-refractivity contribution in [2.45, 2.75) is 6.92 Å². The number of halogens is 1. The maximum Gasteiger partial charge on any atom is 0.231 e. The van der Waals surface area contributed by atoms with E-state index >= 15 is 0 Å². The summed E-state index contributed by atoms with van der Waals surface area (Å²) in [4.78, 5) is 4.39. The Bertz CT molecular complexity index is 806. The summed E-state index contributed by atoms with van der Waals surface area (Å²) in [6.07, 6.45) is 0. The first kappa shape index (κ1) is 14.8. The lowest BCUT2D eigenvalue weighted by Crippen LogP contribution is -1.93. The van der Waals surface area contributed by atoms with Gasteiger partial charge in [0.1, 0.15) is 0 Å². The van der Waals surface area contributed by atoms with Crippen molar-refractivity contribution < 1.29 is 0 Å². The molecular formula is C15H12BrN5S. The van der Waals surface area contributed by atoms with Crippen molar-refractivity contribution >= 4 is 54.1 Å². The summed E-state index contributed by atoms with van der Waals surface area (Å²) >= 11 is 4.89. The lowest BCUT2D eigenvalue weighted by molar-refractivity contribution is 1.20. The van der Waals surface area contributed by atoms with E-state index in [1.54, 1.807) is 6.92 Å². The SMILES string of the molecule is C/C(N=Nc1nc2ccccc2s1)=N/Nc1ccc(Br)cc1. The van der Waals surface area contributed by atoms with Crippen molar-refractivity contribution in [3.8, 4) is 0 Å². The molecule has 0 aliphatic rings. The monoisotopic (exact) mass is 373 g/mol. The summed E-state index contributed by atoms with van der Waals surface area (Å²) in [6.45, 7) is 1.78. The molecule has 1 N–H and O–H groups in total. The molecule has 0 atom stereocenters. The summed E-state index contributed by atoms with van der Waals surface area (Å²) in [5, 5.41) is 13.0. The number of thiazole rings is 1. The Balaban J connectivity index is 1.68. The second-order valence-electron chi connectivity index (χ2n) is 4.44. The molecule has 0 aliphatic heterocycles. The molecule has 2 aromatic carbocycles. The number of fused-ring (bicyclic) bond motifs is 1. The zero-order valence-corrected chi connectivity index (χ0v) is 14.1. The zero-order valence-electron chi connectivity index (χ0n) is 11.7. The highest BCUT2D eigenvalue weighted by molar-refractivity contribution is 9.10. The van der Waals surface area contributed by atoms with E-state index in [1.807, 2.05) is 48.5 Å². The van der Waals surface area contributed by atoms with Gasteiger partial charge >= 0.3 is 0 Å². The first-order chi connectivity index (χ1) is 10.7. The van der Waals surface area contributed by atoms with Crippen LogP contribution in [0.15, 0.2) is 68.3 Å². The fourth-order valence-electron chi connectivity index (χ4n) is 1.71. The van der Waals surface area contributed by atoms with E-state index in [9.17, 15) is 0 Å². The molecule has 0 spiro atoms. The van der Waals surface area contributed by atoms with Crippen LogP contribution in [0.5, 0.6) is 0 Å². The molecule has 1 aromatic heterocycles. The van der Waals surface area contributed by atoms with Crippen molar-refractivity contribution in [2.24, 2.45) is 15.3 Å². The highest BCUT2D eigenvalue weighted by Crippen LogP contribution is 2.27. The van der Waals surface area contributed by atoms with Gasteiger partial charge in [0.05, 0.1) is 15.9 Å². The van der Waals surface area contributed by atoms with Crippen LogP contribution in [0, 0.1) is 0 Å². The molecule has 0 aliphatic carbocycles. The van der Waals surface area contributed by atoms with Crippen molar-refractivity contribution in [3.05, 3.63) is 53.0 Å². The van der Waals surface area contributed by atoms with Crippen LogP contribution in [0.3, 0.4) is 0 Å². The highest BCUT2D eigenvalue weighted by atomic mass is 79.9. The molecule has 0 radical (unpaired) electrons. The van der Waals surface area contributed by atoms with E-state index in [0.29, 0.717) is 11.0 Å². The van der Waals surface area contributed by atoms with Crippen LogP contribution in [-0.4, -0.2) is 10.8 Å². The van der Waals surface area contributed by atoms with Gasteiger partial charge in [-0.25, -0.2) is 4.98 Å². The van der Waals surface area contributed by atoms with E-state index in [2.05, 4.69) is 41.7 Å². The third-order valence-electron chi connectivity index (χ3n) is 2.75. The fourth-order valence-corrected chi connectivity index (χ4v) is 2.76. The van der Waals surface area contributed by atoms with E-state index < -0.39 is 0 Å². The maximum atomic E-state index is 4.39. The lowest BCUT2D eigenvalue weighted by Gasteiger charge is -1.99. The summed E-state index contributed by atoms with van der Waals surface area (Å²) < 4.78 is 2.12. The second-order valence-corrected chi connectivity index (χ2v) is 6.37. The average Bonchev–Trinajstić information content (AvgIpc) is 2.95. The Morgan fingerprint density at radius 2 is 1.91 bits per heavy atom. The van der Waals surface area contributed by atoms with Crippen LogP contribution in [0.2, 0.25) is 0 Å². The molecule has 0 saturated carbocycles. The van der Waals surface area contributed by atoms with Gasteiger partial charge in [-0.3, -0.25) is 5.43 Å². The van der Waals surface area contributed by atoms with E-state index in [0.717, 1.165) is 20.4 Å². The van der Waals surface area contributed by atoms with Gasteiger partial charge < -0.3 is 0 Å². The Morgan fingerprint density at radius 1 is 1.14 bits per heavy atom. The number of benzene rings is 2. The molecule has 7 heteroatoms. The smallest absolute Gasteiger partial charge is 0.231 e. The minimum Gasteiger partial charge on any atom is -0.277 e. The Labute approximate surface area is 139 Å². The molecule has 0 amide bonds. The number of nitrogens with one attached hydrogen (secondary N) is 1. The van der Waals surface area contributed by atoms with Gasteiger partial charge in [-0.05, 0) is 43.3 Å². The Kier molecular flexibility index (Phi) is 4.55. The molecule has 5 nitrogen and oxygen atoms in total. The van der Waals surface area contributed by atoms with Crippen molar-refractivity contribution in [1.29, 1.82) is 0 Å². The topological polar surface area (TPSA) is 62.0 Å². The van der Waals surface area contributed by atoms with Gasteiger partial charge in [-0.1, -0.05) is 39.4 Å². The van der Waals surface area contributed by atoms with Gasteiger partial charge in [-0.15, -0.1) is 10.2 Å². The van der Waals surface area contributed by atoms with Crippen LogP contribution >= 0.6 is 27.3 Å². The standard InChI is InChI=1S/C15H12BrN5S/c1-10(18-20-12-8-6-11(16)7-9-12)19-21-15-17-13-4-2-3-5-14(13)22-15/h2-9,20H,1H3/b18-10-,21-19?. The van der Waals surface area contributed by atoms with Gasteiger partial charge in [0.2, 0.25) is 5.13 Å². The number of anilines is 1. The quantitative estimate of drug-likeness (QED) is 0.281. The zero-order chi connectivity index (χ0) is 15.4. The minimum absolute atomic E-state index is 0.530. The minimum atomic E-state index is 0.530. The predicted molar refractivity (Wildman–Crippen MR) is 95.0 cm³/mol. The predicted octanol–water partition coefficient (Wildman–Crippen LogP) is 5.59. The number of hydrogen-bond acceptors (Lipinski definition) is 5. The van der Waals surface area contributed by atoms with E-state index in [4.69, 9.17) is 0 Å². The number of rotatable bonds is 3. The molecule has 0 saturated heterocycles. The number of aromatic nitrogens is 1. The summed E-state index contributed by atoms with van der Waals surface area (Å²) in [5.74, 6) is 0.530. The molecule has 3 rings (SSSR count). The second kappa shape index (κ2) is 6.76. The largest absolute Gasteiger partial charge is 0.277 e. The van der Waals surface area contributed by atoms with Gasteiger partial charge in [-0.2, -0.15) is 5.10 Å². The number of azo groups is 1. The Morgan fingerprint density at radius 3 is 2.68 bits per heavy atom. The molecular weight excluding hydrogens is 362 g/mol. The van der Waals surface area contributed by atoms with Crippen LogP contribution in [-0.2, 0) is 0 Å². The normalized spacial score (nSPS) is 12.2. The van der Waals surface area contributed by atoms with E-state index in [1.165, 1.54) is 11.3 Å². The number of hydrazone groups is 1. The van der Waals surface area contributed by atoms with Gasteiger partial charge in [0.15, 0.2) is 5.84 Å². The summed E-state index contributed by atoms with van der Waals surface area (Å²) in [7, 11) is 0. The molecule has 110 valence electrons. The summed E-state index contributed by atoms with van der Waals surface area (Å²) in [6, 6.07) is 15.6. The van der Waals surface area contributed by atoms with Crippen LogP contribution in [0.4, 0.5) is 10.8 Å². The number of para-hydroxylation sites is 1. The van der Waals surface area contributed by atoms with Crippen molar-refractivity contribution in [2.75, 3.05) is 5.43 Å². The van der Waals surface area contributed by atoms with Crippen LogP contribution < -0.4 is 5.43 Å². The first-order valence-electron chi connectivity index (χ1n) is 6.54. The van der Waals surface area contributed by atoms with Crippen molar-refractivity contribution in [3.63, 3.8) is 0 Å². The van der Waals surface area contributed by atoms with Crippen LogP contribution in [0.1, 0.15) is 6.92 Å². The lowest BCUT2D eigenvalue weighted by atomic mass is 10.3. The number of nitrogens with zero attached hydrogens (tertiary/aromatic N) is 4. The third kappa shape index (κ3) is 3.75. The molecule has 0 fully saturated rings. The number of hydrogen-bond donors (Lipinski definition) is 1. The fraction of sp³-hybridized carbons (Fsp3) is 0.0667. The van der Waals surface area contributed by atoms with Crippen molar-refractivity contribution in [1.82, 2.24) is 4.98 Å². The average molecular weight is 374 g/mol. The van der Waals surface area contributed by atoms with Gasteiger partial charge in [0, 0.05) is 4.47 Å².